The van der Waals surface area contributed by atoms with E-state index in [0.717, 1.165) is 0 Å². The van der Waals surface area contributed by atoms with Gasteiger partial charge in [-0.25, -0.2) is 9.89 Å². The number of methoxy groups -OCH3 is 2. The van der Waals surface area contributed by atoms with Crippen LogP contribution in [0.25, 0.3) is 10.9 Å². The SMILES string of the molecule is COC(=O)c1n[nH]c(=O)c2c(OC)c3n(c12)C(C)CN(C(C)C)C3=O. The van der Waals surface area contributed by atoms with E-state index >= 15 is 0 Å². The summed E-state index contributed by atoms with van der Waals surface area (Å²) in [4.78, 5) is 39.2. The highest BCUT2D eigenvalue weighted by molar-refractivity contribution is 6.09. The number of H-pyrrole nitrogens is 1. The largest absolute Gasteiger partial charge is 0.493 e. The van der Waals surface area contributed by atoms with Crippen LogP contribution in [0.5, 0.6) is 5.75 Å². The molecule has 0 saturated heterocycles. The van der Waals surface area contributed by atoms with Crippen LogP contribution in [0.3, 0.4) is 0 Å². The summed E-state index contributed by atoms with van der Waals surface area (Å²) in [5.74, 6) is -0.808. The maximum Gasteiger partial charge on any atom is 0.360 e. The number of nitrogens with zero attached hydrogens (tertiary/aromatic N) is 3. The van der Waals surface area contributed by atoms with Crippen LogP contribution in [0, 0.1) is 0 Å². The Morgan fingerprint density at radius 1 is 1.32 bits per heavy atom. The number of nitrogens with one attached hydrogen (secondary N) is 1. The summed E-state index contributed by atoms with van der Waals surface area (Å²) in [6.07, 6.45) is 0. The van der Waals surface area contributed by atoms with Crippen molar-refractivity contribution < 1.29 is 19.1 Å². The van der Waals surface area contributed by atoms with Crippen molar-refractivity contribution in [2.24, 2.45) is 0 Å². The number of hydrogen-bond acceptors (Lipinski definition) is 6. The summed E-state index contributed by atoms with van der Waals surface area (Å²) < 4.78 is 11.8. The van der Waals surface area contributed by atoms with Gasteiger partial charge in [0.25, 0.3) is 11.5 Å². The van der Waals surface area contributed by atoms with Crippen LogP contribution >= 0.6 is 0 Å². The third-order valence-electron chi connectivity index (χ3n) is 4.45. The van der Waals surface area contributed by atoms with Crippen molar-refractivity contribution in [2.45, 2.75) is 32.9 Å². The minimum Gasteiger partial charge on any atom is -0.493 e. The van der Waals surface area contributed by atoms with E-state index in [1.807, 2.05) is 20.8 Å². The lowest BCUT2D eigenvalue weighted by Gasteiger charge is -2.36. The summed E-state index contributed by atoms with van der Waals surface area (Å²) in [6.45, 7) is 6.20. The third kappa shape index (κ3) is 2.30. The molecule has 9 nitrogen and oxygen atoms in total. The number of fused-ring (bicyclic) bond motifs is 3. The standard InChI is InChI=1S/C16H20N4O5/c1-7(2)19-6-8(3)20-11-9(13(24-4)12(20)15(19)22)14(21)18-17-10(11)16(23)25-5/h7-8H,6H2,1-5H3,(H,18,21). The number of amides is 1. The normalized spacial score (nSPS) is 17.1. The zero-order valence-electron chi connectivity index (χ0n) is 14.7. The average Bonchev–Trinajstić information content (AvgIpc) is 2.94. The number of esters is 1. The van der Waals surface area contributed by atoms with Crippen LogP contribution in [0.2, 0.25) is 0 Å². The molecule has 0 spiro atoms. The van der Waals surface area contributed by atoms with Crippen molar-refractivity contribution in [2.75, 3.05) is 20.8 Å². The molecule has 0 radical (unpaired) electrons. The molecule has 1 aliphatic rings. The van der Waals surface area contributed by atoms with E-state index in [0.29, 0.717) is 6.54 Å². The fourth-order valence-corrected chi connectivity index (χ4v) is 3.34. The molecule has 1 aliphatic heterocycles. The maximum atomic E-state index is 13.0. The summed E-state index contributed by atoms with van der Waals surface area (Å²) in [5, 5.41) is 6.24. The first-order chi connectivity index (χ1) is 11.8. The zero-order chi connectivity index (χ0) is 18.5. The van der Waals surface area contributed by atoms with Crippen molar-refractivity contribution in [1.82, 2.24) is 19.7 Å². The Morgan fingerprint density at radius 2 is 2.00 bits per heavy atom. The van der Waals surface area contributed by atoms with Gasteiger partial charge in [0.1, 0.15) is 5.39 Å². The lowest BCUT2D eigenvalue weighted by Crippen LogP contribution is -2.45. The number of aromatic amines is 1. The Labute approximate surface area is 143 Å². The summed E-state index contributed by atoms with van der Waals surface area (Å²) in [5.41, 5.74) is -0.0860. The molecule has 2 aromatic heterocycles. The number of aromatic nitrogens is 3. The first-order valence-electron chi connectivity index (χ1n) is 7.93. The monoisotopic (exact) mass is 348 g/mol. The van der Waals surface area contributed by atoms with Gasteiger partial charge in [-0.05, 0) is 20.8 Å². The van der Waals surface area contributed by atoms with Crippen LogP contribution in [0.4, 0.5) is 0 Å². The molecule has 25 heavy (non-hydrogen) atoms. The maximum absolute atomic E-state index is 13.0. The highest BCUT2D eigenvalue weighted by Crippen LogP contribution is 2.38. The van der Waals surface area contributed by atoms with Crippen molar-refractivity contribution in [1.29, 1.82) is 0 Å². The minimum atomic E-state index is -0.699. The van der Waals surface area contributed by atoms with Crippen molar-refractivity contribution in [3.05, 3.63) is 21.7 Å². The van der Waals surface area contributed by atoms with Gasteiger partial charge >= 0.3 is 5.97 Å². The van der Waals surface area contributed by atoms with E-state index in [9.17, 15) is 14.4 Å². The number of carbonyl (C=O) groups excluding carboxylic acids is 2. The Bertz CT molecular complexity index is 927. The number of hydrogen-bond donors (Lipinski definition) is 1. The van der Waals surface area contributed by atoms with E-state index in [4.69, 9.17) is 9.47 Å². The first kappa shape index (κ1) is 17.0. The molecule has 1 atom stereocenters. The van der Waals surface area contributed by atoms with Crippen LogP contribution in [-0.2, 0) is 4.74 Å². The molecule has 3 rings (SSSR count). The van der Waals surface area contributed by atoms with Crippen LogP contribution < -0.4 is 10.3 Å². The second-order valence-electron chi connectivity index (χ2n) is 6.27. The molecule has 0 aliphatic carbocycles. The second kappa shape index (κ2) is 5.91. The third-order valence-corrected chi connectivity index (χ3v) is 4.45. The number of rotatable bonds is 3. The van der Waals surface area contributed by atoms with E-state index in [1.54, 1.807) is 9.47 Å². The highest BCUT2D eigenvalue weighted by atomic mass is 16.5. The topological polar surface area (TPSA) is 107 Å². The molecule has 134 valence electrons. The molecule has 1 N–H and O–H groups in total. The van der Waals surface area contributed by atoms with Crippen molar-refractivity contribution in [3.63, 3.8) is 0 Å². The van der Waals surface area contributed by atoms with Crippen molar-refractivity contribution in [3.8, 4) is 5.75 Å². The van der Waals surface area contributed by atoms with Crippen LogP contribution in [0.1, 0.15) is 47.8 Å². The number of carbonyl (C=O) groups is 2. The van der Waals surface area contributed by atoms with Gasteiger partial charge in [-0.2, -0.15) is 5.10 Å². The van der Waals surface area contributed by atoms with E-state index in [2.05, 4.69) is 10.2 Å². The predicted octanol–water partition coefficient (Wildman–Crippen LogP) is 0.945. The van der Waals surface area contributed by atoms with E-state index < -0.39 is 11.5 Å². The smallest absolute Gasteiger partial charge is 0.360 e. The van der Waals surface area contributed by atoms with Gasteiger partial charge < -0.3 is 18.9 Å². The van der Waals surface area contributed by atoms with Crippen LogP contribution in [-0.4, -0.2) is 58.3 Å². The summed E-state index contributed by atoms with van der Waals surface area (Å²) in [6, 6.07) is -0.184. The summed E-state index contributed by atoms with van der Waals surface area (Å²) in [7, 11) is 2.62. The van der Waals surface area contributed by atoms with E-state index in [1.165, 1.54) is 14.2 Å². The Kier molecular flexibility index (Phi) is 4.02. The Morgan fingerprint density at radius 3 is 2.56 bits per heavy atom. The molecule has 0 fully saturated rings. The van der Waals surface area contributed by atoms with Crippen molar-refractivity contribution >= 4 is 22.8 Å². The zero-order valence-corrected chi connectivity index (χ0v) is 14.7. The fourth-order valence-electron chi connectivity index (χ4n) is 3.34. The summed E-state index contributed by atoms with van der Waals surface area (Å²) >= 11 is 0. The quantitative estimate of drug-likeness (QED) is 0.828. The van der Waals surface area contributed by atoms with Crippen LogP contribution in [0.15, 0.2) is 4.79 Å². The first-order valence-corrected chi connectivity index (χ1v) is 7.93. The molecule has 3 heterocycles. The van der Waals surface area contributed by atoms with Gasteiger partial charge in [-0.1, -0.05) is 0 Å². The fraction of sp³-hybridized carbons (Fsp3) is 0.500. The van der Waals surface area contributed by atoms with Gasteiger partial charge in [0, 0.05) is 18.6 Å². The molecule has 1 unspecified atom stereocenters. The molecule has 0 saturated carbocycles. The van der Waals surface area contributed by atoms with Gasteiger partial charge in [0.15, 0.2) is 17.1 Å². The molecule has 0 bridgehead atoms. The van der Waals surface area contributed by atoms with E-state index in [-0.39, 0.29) is 46.0 Å². The molecular formula is C16H20N4O5. The molecular weight excluding hydrogens is 328 g/mol. The minimum absolute atomic E-state index is 0.0112. The average molecular weight is 348 g/mol. The predicted molar refractivity (Wildman–Crippen MR) is 89.1 cm³/mol. The molecule has 9 heteroatoms. The Balaban J connectivity index is 2.46. The van der Waals surface area contributed by atoms with Gasteiger partial charge in [0.2, 0.25) is 0 Å². The number of ether oxygens (including phenoxy) is 2. The molecule has 0 aromatic carbocycles. The second-order valence-corrected chi connectivity index (χ2v) is 6.27. The lowest BCUT2D eigenvalue weighted by atomic mass is 10.1. The highest BCUT2D eigenvalue weighted by Gasteiger charge is 2.38. The lowest BCUT2D eigenvalue weighted by molar-refractivity contribution is 0.0584. The van der Waals surface area contributed by atoms with Gasteiger partial charge in [-0.3, -0.25) is 9.59 Å². The van der Waals surface area contributed by atoms with Gasteiger partial charge in [0.05, 0.1) is 19.7 Å². The Hall–Kier alpha value is -2.84. The van der Waals surface area contributed by atoms with Gasteiger partial charge in [-0.15, -0.1) is 0 Å². The molecule has 2 aromatic rings. The molecule has 1 amide bonds.